The summed E-state index contributed by atoms with van der Waals surface area (Å²) in [6.07, 6.45) is 3.09. The van der Waals surface area contributed by atoms with E-state index in [1.165, 1.54) is 6.39 Å². The first-order valence-electron chi connectivity index (χ1n) is 9.28. The molecule has 3 heterocycles. The second-order valence-electron chi connectivity index (χ2n) is 6.50. The van der Waals surface area contributed by atoms with Crippen molar-refractivity contribution in [2.45, 2.75) is 6.54 Å². The Morgan fingerprint density at radius 1 is 1.18 bits per heavy atom. The minimum absolute atomic E-state index is 0.143. The summed E-state index contributed by atoms with van der Waals surface area (Å²) in [5.41, 5.74) is 1.18. The fourth-order valence-electron chi connectivity index (χ4n) is 3.18. The Labute approximate surface area is 167 Å². The van der Waals surface area contributed by atoms with Crippen LogP contribution >= 0.6 is 11.3 Å². The van der Waals surface area contributed by atoms with Gasteiger partial charge >= 0.3 is 0 Å². The number of morpholine rings is 1. The number of oxazole rings is 1. The smallest absolute Gasteiger partial charge is 0.276 e. The highest BCUT2D eigenvalue weighted by molar-refractivity contribution is 7.09. The summed E-state index contributed by atoms with van der Waals surface area (Å²) in [7, 11) is 0. The summed E-state index contributed by atoms with van der Waals surface area (Å²) in [5, 5.41) is 2.82. The Morgan fingerprint density at radius 2 is 2.00 bits per heavy atom. The van der Waals surface area contributed by atoms with E-state index in [2.05, 4.69) is 14.9 Å². The molecule has 1 aliphatic heterocycles. The molecule has 0 radical (unpaired) electrons. The highest BCUT2D eigenvalue weighted by Gasteiger charge is 2.25. The molecule has 1 amide bonds. The predicted molar refractivity (Wildman–Crippen MR) is 106 cm³/mol. The van der Waals surface area contributed by atoms with Crippen molar-refractivity contribution < 1.29 is 13.9 Å². The zero-order chi connectivity index (χ0) is 19.2. The monoisotopic (exact) mass is 398 g/mol. The second-order valence-corrected chi connectivity index (χ2v) is 7.48. The lowest BCUT2D eigenvalue weighted by Crippen LogP contribution is -2.43. The third-order valence-corrected chi connectivity index (χ3v) is 5.46. The maximum Gasteiger partial charge on any atom is 0.276 e. The normalized spacial score (nSPS) is 14.9. The van der Waals surface area contributed by atoms with Gasteiger partial charge in [0.25, 0.3) is 5.91 Å². The number of carbonyl (C=O) groups is 1. The van der Waals surface area contributed by atoms with Crippen LogP contribution in [0, 0.1) is 0 Å². The van der Waals surface area contributed by atoms with Crippen molar-refractivity contribution in [1.29, 1.82) is 0 Å². The van der Waals surface area contributed by atoms with E-state index in [1.54, 1.807) is 22.4 Å². The van der Waals surface area contributed by atoms with Crippen LogP contribution in [0.4, 0.5) is 0 Å². The number of nitrogens with zero attached hydrogens (tertiary/aromatic N) is 4. The molecule has 0 atom stereocenters. The van der Waals surface area contributed by atoms with Crippen molar-refractivity contribution in [2.75, 3.05) is 39.4 Å². The molecule has 0 unspecified atom stereocenters. The summed E-state index contributed by atoms with van der Waals surface area (Å²) in [4.78, 5) is 26.0. The molecule has 4 rings (SSSR count). The van der Waals surface area contributed by atoms with Crippen LogP contribution in [0.25, 0.3) is 11.3 Å². The van der Waals surface area contributed by atoms with E-state index in [0.717, 1.165) is 43.4 Å². The molecule has 1 aliphatic rings. The van der Waals surface area contributed by atoms with Crippen LogP contribution in [-0.2, 0) is 11.3 Å². The Bertz CT molecular complexity index is 876. The molecule has 7 nitrogen and oxygen atoms in total. The van der Waals surface area contributed by atoms with Gasteiger partial charge in [0.05, 0.1) is 19.8 Å². The fourth-order valence-corrected chi connectivity index (χ4v) is 3.81. The summed E-state index contributed by atoms with van der Waals surface area (Å²) in [5.74, 6) is 0.358. The minimum Gasteiger partial charge on any atom is -0.443 e. The van der Waals surface area contributed by atoms with Gasteiger partial charge in [0.1, 0.15) is 5.01 Å². The number of benzene rings is 1. The zero-order valence-electron chi connectivity index (χ0n) is 15.5. The van der Waals surface area contributed by atoms with Gasteiger partial charge in [0.15, 0.2) is 17.8 Å². The van der Waals surface area contributed by atoms with Crippen molar-refractivity contribution in [1.82, 2.24) is 19.8 Å². The van der Waals surface area contributed by atoms with Crippen LogP contribution in [0.1, 0.15) is 15.5 Å². The quantitative estimate of drug-likeness (QED) is 0.609. The van der Waals surface area contributed by atoms with Crippen molar-refractivity contribution in [3.05, 3.63) is 59.0 Å². The molecule has 0 aliphatic carbocycles. The Morgan fingerprint density at radius 3 is 2.75 bits per heavy atom. The molecule has 2 aromatic heterocycles. The van der Waals surface area contributed by atoms with Crippen LogP contribution in [0.15, 0.2) is 52.7 Å². The largest absolute Gasteiger partial charge is 0.443 e. The third kappa shape index (κ3) is 4.46. The number of thiazole rings is 1. The standard InChI is InChI=1S/C20H22N4O3S/c25-20(18-19(27-15-22-18)16-4-2-1-3-5-16)24(14-17-21-6-13-28-17)8-7-23-9-11-26-12-10-23/h1-6,13,15H,7-12,14H2. The van der Waals surface area contributed by atoms with E-state index in [9.17, 15) is 4.79 Å². The Hall–Kier alpha value is -2.55. The molecular formula is C20H22N4O3S. The molecular weight excluding hydrogens is 376 g/mol. The molecule has 0 bridgehead atoms. The van der Waals surface area contributed by atoms with Gasteiger partial charge in [-0.15, -0.1) is 11.3 Å². The number of aromatic nitrogens is 2. The number of rotatable bonds is 7. The first-order valence-corrected chi connectivity index (χ1v) is 10.2. The van der Waals surface area contributed by atoms with Gasteiger partial charge in [-0.25, -0.2) is 9.97 Å². The first-order chi connectivity index (χ1) is 13.8. The average molecular weight is 398 g/mol. The maximum atomic E-state index is 13.3. The molecule has 0 N–H and O–H groups in total. The fraction of sp³-hybridized carbons (Fsp3) is 0.350. The van der Waals surface area contributed by atoms with Crippen molar-refractivity contribution in [3.8, 4) is 11.3 Å². The van der Waals surface area contributed by atoms with E-state index in [4.69, 9.17) is 9.15 Å². The first kappa shape index (κ1) is 18.8. The number of carbonyl (C=O) groups excluding carboxylic acids is 1. The van der Waals surface area contributed by atoms with E-state index in [-0.39, 0.29) is 5.91 Å². The van der Waals surface area contributed by atoms with Crippen LogP contribution in [0.3, 0.4) is 0 Å². The van der Waals surface area contributed by atoms with Crippen LogP contribution in [-0.4, -0.2) is 65.1 Å². The molecule has 8 heteroatoms. The highest BCUT2D eigenvalue weighted by atomic mass is 32.1. The Balaban J connectivity index is 1.53. The highest BCUT2D eigenvalue weighted by Crippen LogP contribution is 2.24. The molecule has 1 saturated heterocycles. The lowest BCUT2D eigenvalue weighted by atomic mass is 10.1. The summed E-state index contributed by atoms with van der Waals surface area (Å²) in [6, 6.07) is 9.58. The van der Waals surface area contributed by atoms with Gasteiger partial charge in [0, 0.05) is 43.3 Å². The Kier molecular flexibility index (Phi) is 6.11. The summed E-state index contributed by atoms with van der Waals surface area (Å²) < 4.78 is 11.0. The van der Waals surface area contributed by atoms with E-state index >= 15 is 0 Å². The maximum absolute atomic E-state index is 13.3. The lowest BCUT2D eigenvalue weighted by Gasteiger charge is -2.29. The third-order valence-electron chi connectivity index (χ3n) is 4.69. The number of ether oxygens (including phenoxy) is 1. The number of amides is 1. The van der Waals surface area contributed by atoms with E-state index in [1.807, 2.05) is 35.7 Å². The molecule has 0 saturated carbocycles. The zero-order valence-corrected chi connectivity index (χ0v) is 16.3. The molecule has 146 valence electrons. The average Bonchev–Trinajstić information content (AvgIpc) is 3.44. The minimum atomic E-state index is -0.143. The van der Waals surface area contributed by atoms with E-state index in [0.29, 0.717) is 24.5 Å². The van der Waals surface area contributed by atoms with E-state index < -0.39 is 0 Å². The van der Waals surface area contributed by atoms with Gasteiger partial charge < -0.3 is 14.1 Å². The van der Waals surface area contributed by atoms with Gasteiger partial charge in [0.2, 0.25) is 0 Å². The molecule has 1 aromatic carbocycles. The lowest BCUT2D eigenvalue weighted by molar-refractivity contribution is 0.0319. The number of hydrogen-bond donors (Lipinski definition) is 0. The van der Waals surface area contributed by atoms with Crippen molar-refractivity contribution >= 4 is 17.2 Å². The van der Waals surface area contributed by atoms with Crippen molar-refractivity contribution in [3.63, 3.8) is 0 Å². The van der Waals surface area contributed by atoms with Crippen LogP contribution in [0.2, 0.25) is 0 Å². The van der Waals surface area contributed by atoms with Crippen LogP contribution in [0.5, 0.6) is 0 Å². The topological polar surface area (TPSA) is 71.7 Å². The SMILES string of the molecule is O=C(c1ncoc1-c1ccccc1)N(CCN1CCOCC1)Cc1nccs1. The molecule has 1 fully saturated rings. The van der Waals surface area contributed by atoms with Gasteiger partial charge in [-0.05, 0) is 0 Å². The number of hydrogen-bond acceptors (Lipinski definition) is 7. The molecule has 0 spiro atoms. The van der Waals surface area contributed by atoms with Gasteiger partial charge in [-0.1, -0.05) is 30.3 Å². The molecule has 28 heavy (non-hydrogen) atoms. The predicted octanol–water partition coefficient (Wildman–Crippen LogP) is 2.77. The second kappa shape index (κ2) is 9.09. The van der Waals surface area contributed by atoms with Crippen molar-refractivity contribution in [2.24, 2.45) is 0 Å². The summed E-state index contributed by atoms with van der Waals surface area (Å²) in [6.45, 7) is 5.10. The van der Waals surface area contributed by atoms with Crippen LogP contribution < -0.4 is 0 Å². The molecule has 3 aromatic rings. The summed E-state index contributed by atoms with van der Waals surface area (Å²) >= 11 is 1.55. The van der Waals surface area contributed by atoms with Gasteiger partial charge in [-0.2, -0.15) is 0 Å². The van der Waals surface area contributed by atoms with Gasteiger partial charge in [-0.3, -0.25) is 9.69 Å².